The van der Waals surface area contributed by atoms with Gasteiger partial charge in [-0.3, -0.25) is 4.79 Å². The third-order valence-corrected chi connectivity index (χ3v) is 3.30. The second kappa shape index (κ2) is 5.45. The second-order valence-electron chi connectivity index (χ2n) is 3.67. The standard InChI is InChI=1S/C11H14FNO4S/c1-3-4-7(14)10-9(18(13,15)16)6-5-8(17-2)11(10)12/h5-6H,3-4H2,1-2H3,(H2,13,15,16). The summed E-state index contributed by atoms with van der Waals surface area (Å²) in [6.07, 6.45) is 0.506. The van der Waals surface area contributed by atoms with Gasteiger partial charge in [0, 0.05) is 6.42 Å². The molecule has 0 aliphatic rings. The number of carbonyl (C=O) groups excluding carboxylic acids is 1. The third-order valence-electron chi connectivity index (χ3n) is 2.35. The molecule has 1 aromatic carbocycles. The van der Waals surface area contributed by atoms with Crippen molar-refractivity contribution in [1.82, 2.24) is 0 Å². The number of primary sulfonamides is 1. The average molecular weight is 275 g/mol. The first-order valence-corrected chi connectivity index (χ1v) is 6.80. The summed E-state index contributed by atoms with van der Waals surface area (Å²) in [6, 6.07) is 2.19. The second-order valence-corrected chi connectivity index (χ2v) is 5.20. The molecule has 2 N–H and O–H groups in total. The topological polar surface area (TPSA) is 86.5 Å². The zero-order valence-corrected chi connectivity index (χ0v) is 10.9. The van der Waals surface area contributed by atoms with E-state index in [2.05, 4.69) is 0 Å². The number of ether oxygens (including phenoxy) is 1. The fourth-order valence-electron chi connectivity index (χ4n) is 1.55. The first-order chi connectivity index (χ1) is 8.32. The molecule has 0 amide bonds. The Hall–Kier alpha value is -1.47. The molecule has 5 nitrogen and oxygen atoms in total. The van der Waals surface area contributed by atoms with Crippen LogP contribution in [0.4, 0.5) is 4.39 Å². The number of rotatable bonds is 5. The van der Waals surface area contributed by atoms with Crippen molar-refractivity contribution < 1.29 is 22.3 Å². The molecule has 0 aliphatic carbocycles. The smallest absolute Gasteiger partial charge is 0.238 e. The van der Waals surface area contributed by atoms with Crippen molar-refractivity contribution in [2.45, 2.75) is 24.7 Å². The van der Waals surface area contributed by atoms with Crippen molar-refractivity contribution in [2.75, 3.05) is 7.11 Å². The van der Waals surface area contributed by atoms with E-state index in [1.807, 2.05) is 0 Å². The lowest BCUT2D eigenvalue weighted by Crippen LogP contribution is -2.18. The predicted molar refractivity (Wildman–Crippen MR) is 63.6 cm³/mol. The van der Waals surface area contributed by atoms with Crippen LogP contribution in [0.5, 0.6) is 5.75 Å². The van der Waals surface area contributed by atoms with Gasteiger partial charge in [-0.2, -0.15) is 0 Å². The van der Waals surface area contributed by atoms with Crippen LogP contribution in [0.3, 0.4) is 0 Å². The molecule has 1 aromatic rings. The highest BCUT2D eigenvalue weighted by Crippen LogP contribution is 2.27. The summed E-state index contributed by atoms with van der Waals surface area (Å²) in [5.74, 6) is -1.80. The minimum atomic E-state index is -4.16. The molecule has 0 saturated carbocycles. The summed E-state index contributed by atoms with van der Waals surface area (Å²) < 4.78 is 41.4. The number of benzene rings is 1. The molecule has 0 fully saturated rings. The Morgan fingerprint density at radius 3 is 2.50 bits per heavy atom. The van der Waals surface area contributed by atoms with Gasteiger partial charge < -0.3 is 4.74 Å². The van der Waals surface area contributed by atoms with E-state index >= 15 is 0 Å². The van der Waals surface area contributed by atoms with Gasteiger partial charge in [-0.1, -0.05) is 6.92 Å². The molecule has 1 rings (SSSR count). The fraction of sp³-hybridized carbons (Fsp3) is 0.364. The zero-order valence-electron chi connectivity index (χ0n) is 10.1. The number of Topliss-reactive ketones (excluding diaryl/α,β-unsaturated/α-hetero) is 1. The van der Waals surface area contributed by atoms with Crippen LogP contribution in [0, 0.1) is 5.82 Å². The Labute approximate surface area is 105 Å². The van der Waals surface area contributed by atoms with Crippen LogP contribution in [-0.2, 0) is 10.0 Å². The molecule has 0 spiro atoms. The van der Waals surface area contributed by atoms with Gasteiger partial charge in [0.15, 0.2) is 17.3 Å². The van der Waals surface area contributed by atoms with E-state index in [4.69, 9.17) is 9.88 Å². The van der Waals surface area contributed by atoms with E-state index in [1.54, 1.807) is 6.92 Å². The minimum Gasteiger partial charge on any atom is -0.494 e. The van der Waals surface area contributed by atoms with Crippen molar-refractivity contribution in [3.05, 3.63) is 23.5 Å². The SMILES string of the molecule is CCCC(=O)c1c(S(N)(=O)=O)ccc(OC)c1F. The third kappa shape index (κ3) is 2.85. The highest BCUT2D eigenvalue weighted by Gasteiger charge is 2.25. The van der Waals surface area contributed by atoms with Crippen LogP contribution in [0.25, 0.3) is 0 Å². The quantitative estimate of drug-likeness (QED) is 0.824. The molecular formula is C11H14FNO4S. The lowest BCUT2D eigenvalue weighted by Gasteiger charge is -2.10. The Morgan fingerprint density at radius 1 is 1.44 bits per heavy atom. The van der Waals surface area contributed by atoms with E-state index in [0.717, 1.165) is 12.1 Å². The Balaban J connectivity index is 3.55. The van der Waals surface area contributed by atoms with Gasteiger partial charge in [0.2, 0.25) is 10.0 Å². The predicted octanol–water partition coefficient (Wildman–Crippen LogP) is 1.46. The number of methoxy groups -OCH3 is 1. The van der Waals surface area contributed by atoms with Crippen molar-refractivity contribution in [1.29, 1.82) is 0 Å². The van der Waals surface area contributed by atoms with Crippen LogP contribution in [0.15, 0.2) is 17.0 Å². The van der Waals surface area contributed by atoms with Gasteiger partial charge in [0.25, 0.3) is 0 Å². The maximum Gasteiger partial charge on any atom is 0.238 e. The number of sulfonamides is 1. The molecule has 0 saturated heterocycles. The average Bonchev–Trinajstić information content (AvgIpc) is 2.27. The summed E-state index contributed by atoms with van der Waals surface area (Å²) in [7, 11) is -2.94. The lowest BCUT2D eigenvalue weighted by atomic mass is 10.1. The molecule has 7 heteroatoms. The van der Waals surface area contributed by atoms with E-state index in [-0.39, 0.29) is 12.2 Å². The first kappa shape index (κ1) is 14.6. The van der Waals surface area contributed by atoms with E-state index < -0.39 is 32.1 Å². The maximum atomic E-state index is 14.0. The van der Waals surface area contributed by atoms with Crippen LogP contribution in [0.1, 0.15) is 30.1 Å². The molecule has 0 aromatic heterocycles. The van der Waals surface area contributed by atoms with E-state index in [9.17, 15) is 17.6 Å². The lowest BCUT2D eigenvalue weighted by molar-refractivity contribution is 0.0973. The van der Waals surface area contributed by atoms with E-state index in [1.165, 1.54) is 7.11 Å². The van der Waals surface area contributed by atoms with Crippen LogP contribution in [-0.4, -0.2) is 21.3 Å². The molecule has 0 heterocycles. The number of nitrogens with two attached hydrogens (primary N) is 1. The summed E-state index contributed by atoms with van der Waals surface area (Å²) in [5, 5.41) is 4.96. The summed E-state index contributed by atoms with van der Waals surface area (Å²) in [6.45, 7) is 1.73. The van der Waals surface area contributed by atoms with Gasteiger partial charge in [-0.25, -0.2) is 17.9 Å². The van der Waals surface area contributed by atoms with Gasteiger partial charge >= 0.3 is 0 Å². The van der Waals surface area contributed by atoms with Crippen molar-refractivity contribution in [3.8, 4) is 5.75 Å². The van der Waals surface area contributed by atoms with Gasteiger partial charge in [-0.15, -0.1) is 0 Å². The number of carbonyl (C=O) groups is 1. The minimum absolute atomic E-state index is 0.0343. The highest BCUT2D eigenvalue weighted by molar-refractivity contribution is 7.89. The van der Waals surface area contributed by atoms with Gasteiger partial charge in [0.1, 0.15) is 0 Å². The number of halogens is 1. The molecular weight excluding hydrogens is 261 g/mol. The normalized spacial score (nSPS) is 11.3. The van der Waals surface area contributed by atoms with Crippen LogP contribution >= 0.6 is 0 Å². The molecule has 0 bridgehead atoms. The number of hydrogen-bond acceptors (Lipinski definition) is 4. The Bertz CT molecular complexity index is 569. The Morgan fingerprint density at radius 2 is 2.06 bits per heavy atom. The van der Waals surface area contributed by atoms with Gasteiger partial charge in [0.05, 0.1) is 17.6 Å². The monoisotopic (exact) mass is 275 g/mol. The van der Waals surface area contributed by atoms with Crippen molar-refractivity contribution in [3.63, 3.8) is 0 Å². The largest absolute Gasteiger partial charge is 0.494 e. The molecule has 0 atom stereocenters. The van der Waals surface area contributed by atoms with Gasteiger partial charge in [-0.05, 0) is 18.6 Å². The summed E-state index contributed by atoms with van der Waals surface area (Å²) in [5.41, 5.74) is -0.529. The fourth-order valence-corrected chi connectivity index (χ4v) is 2.29. The molecule has 0 aliphatic heterocycles. The van der Waals surface area contributed by atoms with Crippen molar-refractivity contribution >= 4 is 15.8 Å². The van der Waals surface area contributed by atoms with E-state index in [0.29, 0.717) is 6.42 Å². The molecule has 0 radical (unpaired) electrons. The number of hydrogen-bond donors (Lipinski definition) is 1. The highest BCUT2D eigenvalue weighted by atomic mass is 32.2. The Kier molecular flexibility index (Phi) is 4.42. The molecule has 18 heavy (non-hydrogen) atoms. The van der Waals surface area contributed by atoms with Crippen molar-refractivity contribution in [2.24, 2.45) is 5.14 Å². The first-order valence-electron chi connectivity index (χ1n) is 5.25. The summed E-state index contributed by atoms with van der Waals surface area (Å²) >= 11 is 0. The maximum absolute atomic E-state index is 14.0. The van der Waals surface area contributed by atoms with Crippen LogP contribution in [0.2, 0.25) is 0 Å². The number of ketones is 1. The van der Waals surface area contributed by atoms with Crippen LogP contribution < -0.4 is 9.88 Å². The molecule has 0 unspecified atom stereocenters. The summed E-state index contributed by atoms with van der Waals surface area (Å²) in [4.78, 5) is 11.3. The molecule has 100 valence electrons. The zero-order chi connectivity index (χ0) is 13.9.